The predicted molar refractivity (Wildman–Crippen MR) is 101 cm³/mol. The number of benzene rings is 2. The molecule has 1 heterocycles. The Balaban J connectivity index is 1.83. The van der Waals surface area contributed by atoms with Crippen LogP contribution in [0, 0.1) is 0 Å². The summed E-state index contributed by atoms with van der Waals surface area (Å²) in [6, 6.07) is 15.2. The molecule has 1 amide bonds. The standard InChI is InChI=1S/C19H25N5O2/c1-19(2,3)13-9-10-16(26-12-17-21-23-24-22-17)15(11-13)18(25)20-14-7-5-4-6-8-14/h4-11,17,21-24H,12H2,1-3H3,(H,20,25). The fraction of sp³-hybridized carbons (Fsp3) is 0.316. The first-order chi connectivity index (χ1) is 12.4. The Kier molecular flexibility index (Phi) is 5.53. The summed E-state index contributed by atoms with van der Waals surface area (Å²) >= 11 is 0. The van der Waals surface area contributed by atoms with Gasteiger partial charge in [-0.05, 0) is 35.2 Å². The molecule has 0 aromatic heterocycles. The van der Waals surface area contributed by atoms with Gasteiger partial charge in [0, 0.05) is 5.69 Å². The van der Waals surface area contributed by atoms with Crippen LogP contribution in [0.3, 0.4) is 0 Å². The maximum Gasteiger partial charge on any atom is 0.259 e. The van der Waals surface area contributed by atoms with Gasteiger partial charge in [0.25, 0.3) is 5.91 Å². The highest BCUT2D eigenvalue weighted by atomic mass is 16.5. The molecule has 2 aromatic rings. The summed E-state index contributed by atoms with van der Waals surface area (Å²) in [5.74, 6) is 0.350. The third-order valence-electron chi connectivity index (χ3n) is 4.08. The second kappa shape index (κ2) is 7.84. The molecule has 5 N–H and O–H groups in total. The zero-order chi connectivity index (χ0) is 18.6. The van der Waals surface area contributed by atoms with E-state index in [0.717, 1.165) is 11.3 Å². The molecule has 1 fully saturated rings. The summed E-state index contributed by atoms with van der Waals surface area (Å²) in [6.45, 7) is 6.70. The van der Waals surface area contributed by atoms with Gasteiger partial charge in [0.2, 0.25) is 0 Å². The lowest BCUT2D eigenvalue weighted by Crippen LogP contribution is -2.39. The number of hydrogen-bond donors (Lipinski definition) is 5. The van der Waals surface area contributed by atoms with Crippen molar-refractivity contribution in [3.05, 3.63) is 59.7 Å². The summed E-state index contributed by atoms with van der Waals surface area (Å²) in [6.07, 6.45) is -0.109. The second-order valence-electron chi connectivity index (χ2n) is 7.18. The SMILES string of the molecule is CC(C)(C)c1ccc(OCC2NNNN2)c(C(=O)Nc2ccccc2)c1. The Labute approximate surface area is 153 Å². The van der Waals surface area contributed by atoms with E-state index in [2.05, 4.69) is 48.0 Å². The lowest BCUT2D eigenvalue weighted by Gasteiger charge is -2.22. The van der Waals surface area contributed by atoms with Crippen molar-refractivity contribution >= 4 is 11.6 Å². The quantitative estimate of drug-likeness (QED) is 0.564. The number of amides is 1. The molecule has 7 heteroatoms. The molecule has 26 heavy (non-hydrogen) atoms. The van der Waals surface area contributed by atoms with Crippen LogP contribution in [0.25, 0.3) is 0 Å². The summed E-state index contributed by atoms with van der Waals surface area (Å²) < 4.78 is 5.88. The number of para-hydroxylation sites is 1. The number of carbonyl (C=O) groups is 1. The van der Waals surface area contributed by atoms with Crippen molar-refractivity contribution in [2.45, 2.75) is 32.4 Å². The fourth-order valence-electron chi connectivity index (χ4n) is 2.56. The fourth-order valence-corrected chi connectivity index (χ4v) is 2.56. The van der Waals surface area contributed by atoms with E-state index in [4.69, 9.17) is 4.74 Å². The van der Waals surface area contributed by atoms with E-state index < -0.39 is 0 Å². The van der Waals surface area contributed by atoms with Crippen LogP contribution in [0.1, 0.15) is 36.7 Å². The summed E-state index contributed by atoms with van der Waals surface area (Å²) in [7, 11) is 0. The number of ether oxygens (including phenoxy) is 1. The maximum atomic E-state index is 12.9. The van der Waals surface area contributed by atoms with E-state index in [0.29, 0.717) is 17.9 Å². The summed E-state index contributed by atoms with van der Waals surface area (Å²) in [5.41, 5.74) is 13.6. The zero-order valence-electron chi connectivity index (χ0n) is 15.2. The van der Waals surface area contributed by atoms with Crippen LogP contribution in [-0.2, 0) is 5.41 Å². The van der Waals surface area contributed by atoms with Gasteiger partial charge in [-0.1, -0.05) is 45.0 Å². The van der Waals surface area contributed by atoms with Gasteiger partial charge >= 0.3 is 0 Å². The molecular formula is C19H25N5O2. The normalized spacial score (nSPS) is 15.0. The molecule has 0 saturated carbocycles. The Hall–Kier alpha value is -2.45. The van der Waals surface area contributed by atoms with Gasteiger partial charge in [-0.25, -0.2) is 10.9 Å². The van der Waals surface area contributed by atoms with E-state index in [1.165, 1.54) is 0 Å². The van der Waals surface area contributed by atoms with Crippen LogP contribution in [0.5, 0.6) is 5.75 Å². The average Bonchev–Trinajstić information content (AvgIpc) is 3.13. The molecule has 0 aliphatic carbocycles. The van der Waals surface area contributed by atoms with Crippen molar-refractivity contribution < 1.29 is 9.53 Å². The highest BCUT2D eigenvalue weighted by molar-refractivity contribution is 6.06. The monoisotopic (exact) mass is 355 g/mol. The Morgan fingerprint density at radius 1 is 1.08 bits per heavy atom. The Morgan fingerprint density at radius 3 is 2.42 bits per heavy atom. The minimum Gasteiger partial charge on any atom is -0.490 e. The summed E-state index contributed by atoms with van der Waals surface area (Å²) in [4.78, 5) is 12.9. The second-order valence-corrected chi connectivity index (χ2v) is 7.18. The molecule has 0 bridgehead atoms. The molecule has 0 atom stereocenters. The van der Waals surface area contributed by atoms with Crippen molar-refractivity contribution in [2.75, 3.05) is 11.9 Å². The number of anilines is 1. The zero-order valence-corrected chi connectivity index (χ0v) is 15.2. The Morgan fingerprint density at radius 2 is 1.77 bits per heavy atom. The van der Waals surface area contributed by atoms with Crippen molar-refractivity contribution in [3.8, 4) is 5.75 Å². The first kappa shape index (κ1) is 18.3. The van der Waals surface area contributed by atoms with E-state index in [9.17, 15) is 4.79 Å². The van der Waals surface area contributed by atoms with Crippen LogP contribution < -0.4 is 32.0 Å². The smallest absolute Gasteiger partial charge is 0.259 e. The number of rotatable bonds is 5. The topological polar surface area (TPSA) is 86.5 Å². The third kappa shape index (κ3) is 4.59. The van der Waals surface area contributed by atoms with Gasteiger partial charge in [-0.3, -0.25) is 4.79 Å². The van der Waals surface area contributed by atoms with Crippen LogP contribution in [-0.4, -0.2) is 18.7 Å². The van der Waals surface area contributed by atoms with E-state index in [1.807, 2.05) is 48.5 Å². The third-order valence-corrected chi connectivity index (χ3v) is 4.08. The molecule has 1 saturated heterocycles. The van der Waals surface area contributed by atoms with Crippen molar-refractivity contribution in [3.63, 3.8) is 0 Å². The van der Waals surface area contributed by atoms with E-state index in [1.54, 1.807) is 0 Å². The molecule has 2 aromatic carbocycles. The average molecular weight is 355 g/mol. The lowest BCUT2D eigenvalue weighted by atomic mass is 9.86. The number of hydrogen-bond acceptors (Lipinski definition) is 6. The highest BCUT2D eigenvalue weighted by Crippen LogP contribution is 2.29. The lowest BCUT2D eigenvalue weighted by molar-refractivity contribution is 0.102. The van der Waals surface area contributed by atoms with E-state index >= 15 is 0 Å². The van der Waals surface area contributed by atoms with Gasteiger partial charge in [0.05, 0.1) is 5.56 Å². The highest BCUT2D eigenvalue weighted by Gasteiger charge is 2.21. The molecular weight excluding hydrogens is 330 g/mol. The van der Waals surface area contributed by atoms with Gasteiger partial charge in [0.1, 0.15) is 18.5 Å². The molecule has 7 nitrogen and oxygen atoms in total. The van der Waals surface area contributed by atoms with Crippen molar-refractivity contribution in [2.24, 2.45) is 0 Å². The van der Waals surface area contributed by atoms with Gasteiger partial charge in [-0.2, -0.15) is 11.1 Å². The molecule has 0 spiro atoms. The molecule has 0 radical (unpaired) electrons. The van der Waals surface area contributed by atoms with Crippen molar-refractivity contribution in [1.82, 2.24) is 21.9 Å². The molecule has 138 valence electrons. The van der Waals surface area contributed by atoms with E-state index in [-0.39, 0.29) is 17.5 Å². The van der Waals surface area contributed by atoms with Crippen molar-refractivity contribution in [1.29, 1.82) is 0 Å². The first-order valence-corrected chi connectivity index (χ1v) is 8.58. The molecule has 1 aliphatic rings. The van der Waals surface area contributed by atoms with Gasteiger partial charge < -0.3 is 10.1 Å². The van der Waals surface area contributed by atoms with Gasteiger partial charge in [-0.15, -0.1) is 0 Å². The molecule has 1 aliphatic heterocycles. The number of carbonyl (C=O) groups excluding carboxylic acids is 1. The van der Waals surface area contributed by atoms with Crippen LogP contribution in [0.4, 0.5) is 5.69 Å². The first-order valence-electron chi connectivity index (χ1n) is 8.58. The van der Waals surface area contributed by atoms with Crippen LogP contribution in [0.15, 0.2) is 48.5 Å². The number of hydrazine groups is 3. The van der Waals surface area contributed by atoms with Crippen LogP contribution >= 0.6 is 0 Å². The maximum absolute atomic E-state index is 12.9. The molecule has 3 rings (SSSR count). The Bertz CT molecular complexity index is 752. The largest absolute Gasteiger partial charge is 0.490 e. The predicted octanol–water partition coefficient (Wildman–Crippen LogP) is 2.06. The minimum atomic E-state index is -0.194. The molecule has 0 unspecified atom stereocenters. The van der Waals surface area contributed by atoms with Gasteiger partial charge in [0.15, 0.2) is 0 Å². The summed E-state index contributed by atoms with van der Waals surface area (Å²) in [5, 5.41) is 2.93. The van der Waals surface area contributed by atoms with Crippen LogP contribution in [0.2, 0.25) is 0 Å². The minimum absolute atomic E-state index is 0.0668. The number of nitrogens with one attached hydrogen (secondary N) is 5.